The Balaban J connectivity index is 2.07. The van der Waals surface area contributed by atoms with Gasteiger partial charge in [0.2, 0.25) is 5.91 Å². The Morgan fingerprint density at radius 3 is 2.62 bits per heavy atom. The minimum absolute atomic E-state index is 0.00824. The molecule has 1 saturated heterocycles. The Bertz CT molecular complexity index is 473. The molecule has 1 unspecified atom stereocenters. The van der Waals surface area contributed by atoms with Crippen molar-refractivity contribution in [3.8, 4) is 0 Å². The molecule has 0 spiro atoms. The molecule has 1 fully saturated rings. The predicted octanol–water partition coefficient (Wildman–Crippen LogP) is 0.815. The second kappa shape index (κ2) is 6.60. The number of furan rings is 1. The van der Waals surface area contributed by atoms with Gasteiger partial charge in [0.15, 0.2) is 0 Å². The summed E-state index contributed by atoms with van der Waals surface area (Å²) in [5.41, 5.74) is 4.94. The van der Waals surface area contributed by atoms with E-state index < -0.39 is 5.54 Å². The average molecular weight is 295 g/mol. The minimum Gasteiger partial charge on any atom is -0.465 e. The van der Waals surface area contributed by atoms with Crippen LogP contribution in [0.5, 0.6) is 0 Å². The lowest BCUT2D eigenvalue weighted by atomic mass is 10.1. The standard InChI is InChI=1S/C15H25N3O3/c1-11-4-5-13(21-11)12(18-6-8-20-9-7-18)10-17-14(19)15(2,3)16/h4-5,12H,6-10,16H2,1-3H3,(H,17,19). The molecule has 118 valence electrons. The summed E-state index contributed by atoms with van der Waals surface area (Å²) in [7, 11) is 0. The second-order valence-electron chi connectivity index (χ2n) is 6.04. The molecule has 6 heteroatoms. The molecule has 1 aliphatic heterocycles. The number of carbonyl (C=O) groups is 1. The molecule has 0 saturated carbocycles. The zero-order chi connectivity index (χ0) is 15.5. The number of amides is 1. The van der Waals surface area contributed by atoms with Crippen LogP contribution >= 0.6 is 0 Å². The van der Waals surface area contributed by atoms with Crippen LogP contribution in [0.15, 0.2) is 16.5 Å². The van der Waals surface area contributed by atoms with Crippen LogP contribution in [0.1, 0.15) is 31.4 Å². The van der Waals surface area contributed by atoms with Crippen molar-refractivity contribution in [2.24, 2.45) is 5.73 Å². The topological polar surface area (TPSA) is 80.7 Å². The first kappa shape index (κ1) is 16.0. The monoisotopic (exact) mass is 295 g/mol. The van der Waals surface area contributed by atoms with E-state index in [0.717, 1.165) is 24.6 Å². The highest BCUT2D eigenvalue weighted by molar-refractivity contribution is 5.85. The molecule has 3 N–H and O–H groups in total. The van der Waals surface area contributed by atoms with Gasteiger partial charge in [0, 0.05) is 19.6 Å². The lowest BCUT2D eigenvalue weighted by Gasteiger charge is -2.34. The van der Waals surface area contributed by atoms with Crippen molar-refractivity contribution in [2.75, 3.05) is 32.8 Å². The first-order chi connectivity index (χ1) is 9.88. The van der Waals surface area contributed by atoms with Crippen molar-refractivity contribution >= 4 is 5.91 Å². The van der Waals surface area contributed by atoms with Gasteiger partial charge in [0.1, 0.15) is 11.5 Å². The zero-order valence-corrected chi connectivity index (χ0v) is 13.0. The number of hydrogen-bond donors (Lipinski definition) is 2. The van der Waals surface area contributed by atoms with Gasteiger partial charge in [0.05, 0.1) is 24.8 Å². The summed E-state index contributed by atoms with van der Waals surface area (Å²) in [5, 5.41) is 2.92. The van der Waals surface area contributed by atoms with Crippen molar-refractivity contribution in [2.45, 2.75) is 32.4 Å². The first-order valence-corrected chi connectivity index (χ1v) is 7.33. The Morgan fingerprint density at radius 1 is 1.43 bits per heavy atom. The van der Waals surface area contributed by atoms with Gasteiger partial charge in [-0.1, -0.05) is 0 Å². The van der Waals surface area contributed by atoms with Gasteiger partial charge < -0.3 is 20.2 Å². The summed E-state index contributed by atoms with van der Waals surface area (Å²) >= 11 is 0. The number of aryl methyl sites for hydroxylation is 1. The van der Waals surface area contributed by atoms with E-state index in [1.54, 1.807) is 13.8 Å². The van der Waals surface area contributed by atoms with Crippen molar-refractivity contribution in [3.63, 3.8) is 0 Å². The molecule has 1 amide bonds. The van der Waals surface area contributed by atoms with Crippen LogP contribution in [0.25, 0.3) is 0 Å². The number of ether oxygens (including phenoxy) is 1. The van der Waals surface area contributed by atoms with Crippen LogP contribution in [0.2, 0.25) is 0 Å². The molecule has 2 rings (SSSR count). The van der Waals surface area contributed by atoms with Gasteiger partial charge in [-0.25, -0.2) is 0 Å². The maximum atomic E-state index is 12.0. The molecule has 0 radical (unpaired) electrons. The number of carbonyl (C=O) groups excluding carboxylic acids is 1. The number of nitrogens with two attached hydrogens (primary N) is 1. The molecule has 0 aromatic carbocycles. The third-order valence-electron chi connectivity index (χ3n) is 3.62. The Labute approximate surface area is 125 Å². The van der Waals surface area contributed by atoms with E-state index in [0.29, 0.717) is 19.8 Å². The van der Waals surface area contributed by atoms with E-state index in [2.05, 4.69) is 10.2 Å². The van der Waals surface area contributed by atoms with Crippen molar-refractivity contribution in [1.29, 1.82) is 0 Å². The van der Waals surface area contributed by atoms with Crippen LogP contribution < -0.4 is 11.1 Å². The minimum atomic E-state index is -0.880. The first-order valence-electron chi connectivity index (χ1n) is 7.33. The average Bonchev–Trinajstić information content (AvgIpc) is 2.85. The maximum absolute atomic E-state index is 12.0. The number of morpholine rings is 1. The predicted molar refractivity (Wildman–Crippen MR) is 79.9 cm³/mol. The molecule has 1 aromatic rings. The highest BCUT2D eigenvalue weighted by atomic mass is 16.5. The lowest BCUT2D eigenvalue weighted by molar-refractivity contribution is -0.125. The SMILES string of the molecule is Cc1ccc(C(CNC(=O)C(C)(C)N)N2CCOCC2)o1. The number of rotatable bonds is 5. The summed E-state index contributed by atoms with van der Waals surface area (Å²) in [6.07, 6.45) is 0. The van der Waals surface area contributed by atoms with Gasteiger partial charge in [-0.15, -0.1) is 0 Å². The molecule has 6 nitrogen and oxygen atoms in total. The van der Waals surface area contributed by atoms with Gasteiger partial charge in [-0.3, -0.25) is 9.69 Å². The Hall–Kier alpha value is -1.37. The van der Waals surface area contributed by atoms with Gasteiger partial charge in [-0.2, -0.15) is 0 Å². The van der Waals surface area contributed by atoms with Crippen LogP contribution in [0.4, 0.5) is 0 Å². The fourth-order valence-electron chi connectivity index (χ4n) is 2.35. The van der Waals surface area contributed by atoms with E-state index in [4.69, 9.17) is 14.9 Å². The smallest absolute Gasteiger partial charge is 0.239 e. The molecular formula is C15H25N3O3. The highest BCUT2D eigenvalue weighted by Gasteiger charge is 2.28. The van der Waals surface area contributed by atoms with E-state index in [9.17, 15) is 4.79 Å². The molecule has 0 aliphatic carbocycles. The van der Waals surface area contributed by atoms with Crippen molar-refractivity contribution < 1.29 is 13.9 Å². The molecule has 0 bridgehead atoms. The van der Waals surface area contributed by atoms with E-state index in [-0.39, 0.29) is 11.9 Å². The highest BCUT2D eigenvalue weighted by Crippen LogP contribution is 2.23. The van der Waals surface area contributed by atoms with E-state index in [1.807, 2.05) is 19.1 Å². The van der Waals surface area contributed by atoms with Gasteiger partial charge in [0.25, 0.3) is 0 Å². The molecular weight excluding hydrogens is 270 g/mol. The van der Waals surface area contributed by atoms with Crippen LogP contribution in [-0.2, 0) is 9.53 Å². The molecule has 2 heterocycles. The fourth-order valence-corrected chi connectivity index (χ4v) is 2.35. The van der Waals surface area contributed by atoms with E-state index in [1.165, 1.54) is 0 Å². The van der Waals surface area contributed by atoms with Gasteiger partial charge >= 0.3 is 0 Å². The second-order valence-corrected chi connectivity index (χ2v) is 6.04. The molecule has 1 atom stereocenters. The number of hydrogen-bond acceptors (Lipinski definition) is 5. The summed E-state index contributed by atoms with van der Waals surface area (Å²) in [5.74, 6) is 1.57. The summed E-state index contributed by atoms with van der Waals surface area (Å²) in [6.45, 7) is 8.84. The molecule has 1 aromatic heterocycles. The normalized spacial score (nSPS) is 18.5. The Morgan fingerprint density at radius 2 is 2.10 bits per heavy atom. The van der Waals surface area contributed by atoms with Crippen molar-refractivity contribution in [3.05, 3.63) is 23.7 Å². The number of nitrogens with zero attached hydrogens (tertiary/aromatic N) is 1. The fraction of sp³-hybridized carbons (Fsp3) is 0.667. The maximum Gasteiger partial charge on any atom is 0.239 e. The Kier molecular flexibility index (Phi) is 5.03. The third kappa shape index (κ3) is 4.30. The number of nitrogens with one attached hydrogen (secondary N) is 1. The quantitative estimate of drug-likeness (QED) is 0.840. The van der Waals surface area contributed by atoms with Crippen LogP contribution in [0, 0.1) is 6.92 Å². The van der Waals surface area contributed by atoms with Crippen LogP contribution in [0.3, 0.4) is 0 Å². The molecule has 1 aliphatic rings. The summed E-state index contributed by atoms with van der Waals surface area (Å²) < 4.78 is 11.1. The lowest BCUT2D eigenvalue weighted by Crippen LogP contribution is -2.51. The summed E-state index contributed by atoms with van der Waals surface area (Å²) in [6, 6.07) is 3.92. The van der Waals surface area contributed by atoms with Crippen LogP contribution in [-0.4, -0.2) is 49.2 Å². The van der Waals surface area contributed by atoms with Gasteiger partial charge in [-0.05, 0) is 32.9 Å². The van der Waals surface area contributed by atoms with E-state index >= 15 is 0 Å². The third-order valence-corrected chi connectivity index (χ3v) is 3.62. The summed E-state index contributed by atoms with van der Waals surface area (Å²) in [4.78, 5) is 14.2. The molecule has 21 heavy (non-hydrogen) atoms. The van der Waals surface area contributed by atoms with Crippen molar-refractivity contribution in [1.82, 2.24) is 10.2 Å². The zero-order valence-electron chi connectivity index (χ0n) is 13.0. The largest absolute Gasteiger partial charge is 0.465 e.